The van der Waals surface area contributed by atoms with Gasteiger partial charge in [-0.25, -0.2) is 28.8 Å². The van der Waals surface area contributed by atoms with Gasteiger partial charge in [-0.3, -0.25) is 26.2 Å². The van der Waals surface area contributed by atoms with E-state index in [2.05, 4.69) is 34.4 Å². The molecule has 4 N–H and O–H groups in total. The zero-order valence-electron chi connectivity index (χ0n) is 28.7. The van der Waals surface area contributed by atoms with Crippen molar-refractivity contribution in [3.8, 4) is 0 Å². The van der Waals surface area contributed by atoms with Crippen molar-refractivity contribution < 1.29 is 57.2 Å². The fraction of sp³-hybridized carbons (Fsp3) is 0.353. The SMILES string of the molecule is C=CC(=O)OCCOC(=O)Nc1cc(NC(=O)OCCN(CC)CCOC(=O)Nc2ccc(C)c(NC(=O)OCCOC(=O)C=C)c2)ccc1C. The number of nitrogens with zero attached hydrogens (tertiary/aromatic N) is 1. The van der Waals surface area contributed by atoms with Gasteiger partial charge in [-0.2, -0.15) is 0 Å². The molecule has 0 atom stereocenters. The van der Waals surface area contributed by atoms with E-state index in [1.54, 1.807) is 38.1 Å². The van der Waals surface area contributed by atoms with Gasteiger partial charge in [0.2, 0.25) is 0 Å². The van der Waals surface area contributed by atoms with Crippen LogP contribution in [-0.2, 0) is 38.0 Å². The molecule has 17 heteroatoms. The maximum absolute atomic E-state index is 12.4. The minimum Gasteiger partial charge on any atom is -0.459 e. The average Bonchev–Trinajstić information content (AvgIpc) is 3.10. The molecule has 0 heterocycles. The van der Waals surface area contributed by atoms with Gasteiger partial charge < -0.3 is 28.4 Å². The fourth-order valence-corrected chi connectivity index (χ4v) is 3.90. The van der Waals surface area contributed by atoms with Gasteiger partial charge in [0.05, 0.1) is 0 Å². The second kappa shape index (κ2) is 22.5. The summed E-state index contributed by atoms with van der Waals surface area (Å²) in [5.74, 6) is -1.26. The minimum atomic E-state index is -0.770. The molecule has 0 spiro atoms. The summed E-state index contributed by atoms with van der Waals surface area (Å²) in [7, 11) is 0. The summed E-state index contributed by atoms with van der Waals surface area (Å²) < 4.78 is 30.0. The number of benzene rings is 2. The number of rotatable bonds is 19. The van der Waals surface area contributed by atoms with Crippen LogP contribution in [0.5, 0.6) is 0 Å². The molecule has 2 aromatic rings. The Morgan fingerprint density at radius 2 is 0.922 bits per heavy atom. The molecule has 4 amide bonds. The molecule has 51 heavy (non-hydrogen) atoms. The van der Waals surface area contributed by atoms with Crippen molar-refractivity contribution in [2.24, 2.45) is 0 Å². The van der Waals surface area contributed by atoms with E-state index in [1.165, 1.54) is 12.1 Å². The quantitative estimate of drug-likeness (QED) is 0.0656. The standard InChI is InChI=1S/C34H43N5O12/c1-6-29(40)46-17-19-50-33(44)37-27-21-25(11-9-23(27)4)35-31(42)48-15-13-39(8-3)14-16-49-32(43)36-26-12-10-24(5)28(22-26)38-34(45)51-20-18-47-30(41)7-2/h6-7,9-12,21-22H,1-2,8,13-20H2,3-5H3,(H,35,42)(H,36,43)(H,37,44)(H,38,45). The number of esters is 2. The van der Waals surface area contributed by atoms with Crippen LogP contribution in [0.1, 0.15) is 18.1 Å². The number of ether oxygens (including phenoxy) is 6. The summed E-state index contributed by atoms with van der Waals surface area (Å²) in [6, 6.07) is 9.72. The van der Waals surface area contributed by atoms with Gasteiger partial charge in [-0.05, 0) is 55.8 Å². The first kappa shape index (κ1) is 41.1. The Bertz CT molecular complexity index is 1440. The van der Waals surface area contributed by atoms with Gasteiger partial charge in [-0.1, -0.05) is 32.2 Å². The van der Waals surface area contributed by atoms with E-state index in [4.69, 9.17) is 28.4 Å². The van der Waals surface area contributed by atoms with Crippen molar-refractivity contribution in [3.63, 3.8) is 0 Å². The molecule has 0 radical (unpaired) electrons. The zero-order chi connectivity index (χ0) is 37.6. The maximum Gasteiger partial charge on any atom is 0.411 e. The van der Waals surface area contributed by atoms with Crippen molar-refractivity contribution >= 4 is 59.1 Å². The highest BCUT2D eigenvalue weighted by molar-refractivity contribution is 5.91. The molecule has 0 aliphatic carbocycles. The monoisotopic (exact) mass is 713 g/mol. The maximum atomic E-state index is 12.4. The summed E-state index contributed by atoms with van der Waals surface area (Å²) in [6.45, 7) is 12.8. The highest BCUT2D eigenvalue weighted by atomic mass is 16.6. The molecule has 0 saturated carbocycles. The fourth-order valence-electron chi connectivity index (χ4n) is 3.90. The molecule has 0 aromatic heterocycles. The molecule has 2 aromatic carbocycles. The molecule has 0 aliphatic rings. The minimum absolute atomic E-state index is 0.0488. The Balaban J connectivity index is 1.71. The van der Waals surface area contributed by atoms with Crippen molar-refractivity contribution in [3.05, 3.63) is 72.8 Å². The van der Waals surface area contributed by atoms with Gasteiger partial charge in [0, 0.05) is 48.0 Å². The summed E-state index contributed by atoms with van der Waals surface area (Å²) in [5.41, 5.74) is 2.94. The number of anilines is 4. The molecule has 17 nitrogen and oxygen atoms in total. The molecule has 0 fully saturated rings. The highest BCUT2D eigenvalue weighted by Gasteiger charge is 2.13. The lowest BCUT2D eigenvalue weighted by Gasteiger charge is -2.20. The Hall–Kier alpha value is -6.10. The van der Waals surface area contributed by atoms with Crippen LogP contribution in [0.2, 0.25) is 0 Å². The predicted molar refractivity (Wildman–Crippen MR) is 187 cm³/mol. The van der Waals surface area contributed by atoms with E-state index < -0.39 is 36.3 Å². The van der Waals surface area contributed by atoms with Gasteiger partial charge in [0.15, 0.2) is 0 Å². The molecule has 276 valence electrons. The number of likely N-dealkylation sites (N-methyl/N-ethyl adjacent to an activating group) is 1. The second-order valence-electron chi connectivity index (χ2n) is 10.3. The van der Waals surface area contributed by atoms with Crippen LogP contribution in [0.25, 0.3) is 0 Å². The predicted octanol–water partition coefficient (Wildman–Crippen LogP) is 4.98. The third-order valence-electron chi connectivity index (χ3n) is 6.62. The number of carbonyl (C=O) groups is 6. The van der Waals surface area contributed by atoms with Gasteiger partial charge >= 0.3 is 36.3 Å². The van der Waals surface area contributed by atoms with Crippen LogP contribution in [0.15, 0.2) is 61.7 Å². The zero-order valence-corrected chi connectivity index (χ0v) is 28.7. The summed E-state index contributed by atoms with van der Waals surface area (Å²) in [5, 5.41) is 10.3. The van der Waals surface area contributed by atoms with E-state index in [1.807, 2.05) is 11.8 Å². The normalized spacial score (nSPS) is 10.2. The van der Waals surface area contributed by atoms with E-state index in [0.29, 0.717) is 53.5 Å². The van der Waals surface area contributed by atoms with E-state index in [0.717, 1.165) is 12.2 Å². The number of hydrogen-bond acceptors (Lipinski definition) is 13. The Morgan fingerprint density at radius 1 is 0.569 bits per heavy atom. The smallest absolute Gasteiger partial charge is 0.411 e. The molecular weight excluding hydrogens is 670 g/mol. The molecule has 2 rings (SSSR count). The lowest BCUT2D eigenvalue weighted by Crippen LogP contribution is -2.32. The summed E-state index contributed by atoms with van der Waals surface area (Å²) in [6.07, 6.45) is -0.963. The lowest BCUT2D eigenvalue weighted by molar-refractivity contribution is -0.139. The number of amides is 4. The van der Waals surface area contributed by atoms with Gasteiger partial charge in [0.1, 0.15) is 39.6 Å². The van der Waals surface area contributed by atoms with Crippen LogP contribution in [0, 0.1) is 13.8 Å². The third-order valence-corrected chi connectivity index (χ3v) is 6.62. The Morgan fingerprint density at radius 3 is 1.29 bits per heavy atom. The lowest BCUT2D eigenvalue weighted by atomic mass is 10.2. The van der Waals surface area contributed by atoms with Crippen LogP contribution >= 0.6 is 0 Å². The number of nitrogens with one attached hydrogen (secondary N) is 4. The van der Waals surface area contributed by atoms with Crippen LogP contribution < -0.4 is 21.3 Å². The van der Waals surface area contributed by atoms with E-state index in [-0.39, 0.29) is 39.6 Å². The summed E-state index contributed by atoms with van der Waals surface area (Å²) in [4.78, 5) is 72.9. The van der Waals surface area contributed by atoms with E-state index in [9.17, 15) is 28.8 Å². The topological polar surface area (TPSA) is 209 Å². The number of carbonyl (C=O) groups excluding carboxylic acids is 6. The molecule has 0 bridgehead atoms. The first-order valence-corrected chi connectivity index (χ1v) is 15.7. The number of hydrogen-bond donors (Lipinski definition) is 4. The molecule has 0 saturated heterocycles. The Labute approximate surface area is 295 Å². The van der Waals surface area contributed by atoms with Crippen molar-refractivity contribution in [2.45, 2.75) is 20.8 Å². The largest absolute Gasteiger partial charge is 0.459 e. The molecule has 0 aliphatic heterocycles. The van der Waals surface area contributed by atoms with Gasteiger partial charge in [-0.15, -0.1) is 0 Å². The first-order valence-electron chi connectivity index (χ1n) is 15.7. The summed E-state index contributed by atoms with van der Waals surface area (Å²) >= 11 is 0. The van der Waals surface area contributed by atoms with Crippen LogP contribution in [0.3, 0.4) is 0 Å². The van der Waals surface area contributed by atoms with Crippen molar-refractivity contribution in [1.29, 1.82) is 0 Å². The molecule has 0 unspecified atom stereocenters. The van der Waals surface area contributed by atoms with Crippen molar-refractivity contribution in [1.82, 2.24) is 4.90 Å². The van der Waals surface area contributed by atoms with Crippen molar-refractivity contribution in [2.75, 3.05) is 80.5 Å². The van der Waals surface area contributed by atoms with Gasteiger partial charge in [0.25, 0.3) is 0 Å². The second-order valence-corrected chi connectivity index (χ2v) is 10.3. The third kappa shape index (κ3) is 16.7. The number of aryl methyl sites for hydroxylation is 2. The molecular formula is C34H43N5O12. The van der Waals surface area contributed by atoms with Crippen LogP contribution in [-0.4, -0.2) is 100 Å². The van der Waals surface area contributed by atoms with E-state index >= 15 is 0 Å². The average molecular weight is 714 g/mol. The van der Waals surface area contributed by atoms with Crippen LogP contribution in [0.4, 0.5) is 41.9 Å². The Kier molecular flexibility index (Phi) is 18.1. The highest BCUT2D eigenvalue weighted by Crippen LogP contribution is 2.22. The first-order chi connectivity index (χ1) is 24.4.